The Bertz CT molecular complexity index is 1480. The van der Waals surface area contributed by atoms with Crippen LogP contribution in [0.3, 0.4) is 0 Å². The van der Waals surface area contributed by atoms with Crippen molar-refractivity contribution in [2.45, 2.75) is 62.6 Å². The molecule has 1 aliphatic rings. The normalized spacial score (nSPS) is 14.7. The minimum atomic E-state index is -4.36. The zero-order valence-corrected chi connectivity index (χ0v) is 24.9. The number of amides is 2. The first kappa shape index (κ1) is 30.8. The summed E-state index contributed by atoms with van der Waals surface area (Å²) in [5, 5.41) is 3.73. The number of halogens is 3. The van der Waals surface area contributed by atoms with Gasteiger partial charge in [-0.25, -0.2) is 12.8 Å². The van der Waals surface area contributed by atoms with Gasteiger partial charge in [-0.2, -0.15) is 0 Å². The average molecular weight is 621 g/mol. The minimum absolute atomic E-state index is 0.00291. The van der Waals surface area contributed by atoms with Crippen molar-refractivity contribution in [2.24, 2.45) is 0 Å². The van der Waals surface area contributed by atoms with Gasteiger partial charge < -0.3 is 10.2 Å². The predicted molar refractivity (Wildman–Crippen MR) is 159 cm³/mol. The number of carbonyl (C=O) groups excluding carboxylic acids is 2. The summed E-state index contributed by atoms with van der Waals surface area (Å²) in [6.45, 7) is 0.744. The first-order valence-corrected chi connectivity index (χ1v) is 15.6. The molecule has 0 radical (unpaired) electrons. The smallest absolute Gasteiger partial charge is 0.264 e. The van der Waals surface area contributed by atoms with Crippen LogP contribution >= 0.6 is 23.2 Å². The van der Waals surface area contributed by atoms with Crippen LogP contribution in [-0.2, 0) is 26.2 Å². The lowest BCUT2D eigenvalue weighted by Crippen LogP contribution is -2.53. The van der Waals surface area contributed by atoms with Crippen molar-refractivity contribution in [1.29, 1.82) is 0 Å². The van der Waals surface area contributed by atoms with E-state index in [4.69, 9.17) is 23.2 Å². The van der Waals surface area contributed by atoms with E-state index in [1.165, 1.54) is 41.3 Å². The summed E-state index contributed by atoms with van der Waals surface area (Å²) in [6.07, 6.45) is 4.84. The van der Waals surface area contributed by atoms with E-state index in [9.17, 15) is 22.4 Å². The SMILES string of the molecule is CC(C(=O)NC1CCCCC1)N(Cc1ccc(Cl)cc1Cl)C(=O)CN(c1ccccc1F)S(=O)(=O)c1ccccc1. The molecular weight excluding hydrogens is 588 g/mol. The molecule has 11 heteroatoms. The number of hydrogen-bond donors (Lipinski definition) is 1. The molecule has 0 aliphatic heterocycles. The highest BCUT2D eigenvalue weighted by molar-refractivity contribution is 7.92. The third-order valence-corrected chi connectivity index (χ3v) is 9.57. The van der Waals surface area contributed by atoms with Gasteiger partial charge in [0, 0.05) is 22.6 Å². The van der Waals surface area contributed by atoms with E-state index in [0.29, 0.717) is 10.6 Å². The summed E-state index contributed by atoms with van der Waals surface area (Å²) < 4.78 is 43.2. The number of benzene rings is 3. The monoisotopic (exact) mass is 619 g/mol. The molecule has 1 fully saturated rings. The van der Waals surface area contributed by atoms with Gasteiger partial charge in [-0.3, -0.25) is 13.9 Å². The van der Waals surface area contributed by atoms with Gasteiger partial charge in [0.1, 0.15) is 18.4 Å². The predicted octanol–water partition coefficient (Wildman–Crippen LogP) is 6.19. The lowest BCUT2D eigenvalue weighted by Gasteiger charge is -2.33. The topological polar surface area (TPSA) is 86.8 Å². The second-order valence-electron chi connectivity index (χ2n) is 10.1. The molecule has 1 saturated carbocycles. The highest BCUT2D eigenvalue weighted by atomic mass is 35.5. The molecule has 1 unspecified atom stereocenters. The molecule has 7 nitrogen and oxygen atoms in total. The van der Waals surface area contributed by atoms with Crippen LogP contribution in [0.5, 0.6) is 0 Å². The summed E-state index contributed by atoms with van der Waals surface area (Å²) >= 11 is 12.5. The summed E-state index contributed by atoms with van der Waals surface area (Å²) in [4.78, 5) is 28.5. The van der Waals surface area contributed by atoms with Crippen molar-refractivity contribution in [3.8, 4) is 0 Å². The first-order chi connectivity index (χ1) is 19.6. The zero-order chi connectivity index (χ0) is 29.6. The van der Waals surface area contributed by atoms with Crippen molar-refractivity contribution in [1.82, 2.24) is 10.2 Å². The maximum Gasteiger partial charge on any atom is 0.264 e. The fourth-order valence-corrected chi connectivity index (χ4v) is 6.78. The lowest BCUT2D eigenvalue weighted by molar-refractivity contribution is -0.139. The van der Waals surface area contributed by atoms with E-state index in [2.05, 4.69) is 5.32 Å². The first-order valence-electron chi connectivity index (χ1n) is 13.4. The van der Waals surface area contributed by atoms with Crippen LogP contribution in [0.15, 0.2) is 77.7 Å². The van der Waals surface area contributed by atoms with Crippen LogP contribution in [0.4, 0.5) is 10.1 Å². The molecule has 0 bridgehead atoms. The van der Waals surface area contributed by atoms with Gasteiger partial charge in [0.05, 0.1) is 10.6 Å². The van der Waals surface area contributed by atoms with Gasteiger partial charge in [-0.1, -0.05) is 78.9 Å². The van der Waals surface area contributed by atoms with Crippen molar-refractivity contribution >= 4 is 50.7 Å². The summed E-state index contributed by atoms with van der Waals surface area (Å²) in [5.74, 6) is -1.88. The Kier molecular flexibility index (Phi) is 10.3. The maximum absolute atomic E-state index is 15.0. The fraction of sp³-hybridized carbons (Fsp3) is 0.333. The van der Waals surface area contributed by atoms with Crippen LogP contribution in [-0.4, -0.2) is 43.8 Å². The van der Waals surface area contributed by atoms with Crippen molar-refractivity contribution in [3.05, 3.63) is 94.2 Å². The van der Waals surface area contributed by atoms with Gasteiger partial charge in [0.2, 0.25) is 11.8 Å². The van der Waals surface area contributed by atoms with Crippen LogP contribution in [0, 0.1) is 5.82 Å². The molecule has 1 aliphatic carbocycles. The molecule has 3 aromatic rings. The third kappa shape index (κ3) is 7.58. The highest BCUT2D eigenvalue weighted by Gasteiger charge is 2.34. The molecule has 0 aromatic heterocycles. The number of rotatable bonds is 10. The standard InChI is InChI=1S/C30H32Cl2FN3O4S/c1-21(30(38)34-24-10-4-2-5-11-24)35(19-22-16-17-23(31)18-26(22)32)29(37)20-36(28-15-9-8-14-27(28)33)41(39,40)25-12-6-3-7-13-25/h3,6-9,12-18,21,24H,2,4-5,10-11,19-20H2,1H3,(H,34,38). The Morgan fingerprint density at radius 1 is 0.976 bits per heavy atom. The van der Waals surface area contributed by atoms with Gasteiger partial charge in [0.25, 0.3) is 10.0 Å². The molecule has 1 atom stereocenters. The summed E-state index contributed by atoms with van der Waals surface area (Å²) in [6, 6.07) is 16.6. The Labute approximate surface area is 250 Å². The number of nitrogens with one attached hydrogen (secondary N) is 1. The number of carbonyl (C=O) groups is 2. The molecular formula is C30H32Cl2FN3O4S. The van der Waals surface area contributed by atoms with E-state index >= 15 is 0 Å². The van der Waals surface area contributed by atoms with Crippen molar-refractivity contribution in [3.63, 3.8) is 0 Å². The zero-order valence-electron chi connectivity index (χ0n) is 22.6. The Morgan fingerprint density at radius 3 is 2.29 bits per heavy atom. The van der Waals surface area contributed by atoms with E-state index in [1.54, 1.807) is 37.3 Å². The van der Waals surface area contributed by atoms with Crippen molar-refractivity contribution in [2.75, 3.05) is 10.8 Å². The van der Waals surface area contributed by atoms with Gasteiger partial charge in [-0.05, 0) is 61.7 Å². The van der Waals surface area contributed by atoms with Gasteiger partial charge >= 0.3 is 0 Å². The van der Waals surface area contributed by atoms with E-state index < -0.39 is 34.3 Å². The molecule has 41 heavy (non-hydrogen) atoms. The molecule has 2 amide bonds. The Morgan fingerprint density at radius 2 is 1.63 bits per heavy atom. The van der Waals surface area contributed by atoms with E-state index in [1.807, 2.05) is 0 Å². The second-order valence-corrected chi connectivity index (χ2v) is 12.8. The summed E-state index contributed by atoms with van der Waals surface area (Å²) in [5.41, 5.74) is 0.235. The lowest BCUT2D eigenvalue weighted by atomic mass is 9.95. The number of anilines is 1. The number of hydrogen-bond acceptors (Lipinski definition) is 4. The minimum Gasteiger partial charge on any atom is -0.352 e. The average Bonchev–Trinajstić information content (AvgIpc) is 2.96. The van der Waals surface area contributed by atoms with Crippen LogP contribution < -0.4 is 9.62 Å². The van der Waals surface area contributed by atoms with Crippen LogP contribution in [0.1, 0.15) is 44.6 Å². The van der Waals surface area contributed by atoms with E-state index in [0.717, 1.165) is 42.5 Å². The second kappa shape index (κ2) is 13.7. The van der Waals surface area contributed by atoms with E-state index in [-0.39, 0.29) is 34.1 Å². The van der Waals surface area contributed by atoms with Crippen LogP contribution in [0.25, 0.3) is 0 Å². The molecule has 4 rings (SSSR count). The number of nitrogens with zero attached hydrogens (tertiary/aromatic N) is 2. The molecule has 3 aromatic carbocycles. The number of para-hydroxylation sites is 1. The Balaban J connectivity index is 1.69. The molecule has 218 valence electrons. The molecule has 1 N–H and O–H groups in total. The van der Waals surface area contributed by atoms with Crippen molar-refractivity contribution < 1.29 is 22.4 Å². The quantitative estimate of drug-likeness (QED) is 0.293. The van der Waals surface area contributed by atoms with Crippen LogP contribution in [0.2, 0.25) is 10.0 Å². The van der Waals surface area contributed by atoms with Gasteiger partial charge in [-0.15, -0.1) is 0 Å². The van der Waals surface area contributed by atoms with Gasteiger partial charge in [0.15, 0.2) is 0 Å². The largest absolute Gasteiger partial charge is 0.352 e. The third-order valence-electron chi connectivity index (χ3n) is 7.21. The summed E-state index contributed by atoms with van der Waals surface area (Å²) in [7, 11) is -4.36. The molecule has 0 heterocycles. The fourth-order valence-electron chi connectivity index (χ4n) is 4.87. The highest BCUT2D eigenvalue weighted by Crippen LogP contribution is 2.28. The molecule has 0 saturated heterocycles. The maximum atomic E-state index is 15.0. The Hall–Kier alpha value is -3.14. The number of sulfonamides is 1. The molecule has 0 spiro atoms.